The van der Waals surface area contributed by atoms with Crippen LogP contribution in [0.5, 0.6) is 0 Å². The van der Waals surface area contributed by atoms with Gasteiger partial charge in [-0.2, -0.15) is 4.98 Å². The Labute approximate surface area is 115 Å². The molecule has 0 aliphatic carbocycles. The van der Waals surface area contributed by atoms with Gasteiger partial charge in [-0.3, -0.25) is 4.57 Å². The van der Waals surface area contributed by atoms with Crippen molar-refractivity contribution in [3.8, 4) is 0 Å². The number of ether oxygens (including phenoxy) is 1. The second-order valence-corrected chi connectivity index (χ2v) is 4.75. The molecule has 2 heterocycles. The fraction of sp³-hybridized carbons (Fsp3) is 0.583. The number of hydrogen-bond donors (Lipinski definition) is 1. The summed E-state index contributed by atoms with van der Waals surface area (Å²) in [6, 6.07) is 1.55. The third-order valence-corrected chi connectivity index (χ3v) is 2.89. The van der Waals surface area contributed by atoms with Crippen molar-refractivity contribution in [2.45, 2.75) is 24.9 Å². The molecule has 0 unspecified atom stereocenters. The lowest BCUT2D eigenvalue weighted by molar-refractivity contribution is -0.0355. The van der Waals surface area contributed by atoms with Crippen LogP contribution in [0.4, 0.5) is 10.2 Å². The summed E-state index contributed by atoms with van der Waals surface area (Å²) < 4.78 is 20.0. The molecule has 1 saturated heterocycles. The van der Waals surface area contributed by atoms with Crippen molar-refractivity contribution < 1.29 is 14.2 Å². The Kier molecular flexibility index (Phi) is 4.46. The van der Waals surface area contributed by atoms with Crippen molar-refractivity contribution in [1.29, 1.82) is 0 Å². The van der Waals surface area contributed by atoms with E-state index < -0.39 is 30.8 Å². The Morgan fingerprint density at radius 1 is 1.70 bits per heavy atom. The third-order valence-electron chi connectivity index (χ3n) is 2.89. The van der Waals surface area contributed by atoms with Crippen molar-refractivity contribution in [2.75, 3.05) is 20.7 Å². The van der Waals surface area contributed by atoms with Crippen LogP contribution in [0.1, 0.15) is 12.6 Å². The van der Waals surface area contributed by atoms with Gasteiger partial charge in [0.25, 0.3) is 0 Å². The first-order valence-electron chi connectivity index (χ1n) is 6.21. The molecular formula is C12H17FN4O3. The number of nitrogens with zero attached hydrogens (tertiary/aromatic N) is 4. The van der Waals surface area contributed by atoms with E-state index in [-0.39, 0.29) is 12.2 Å². The molecule has 1 fully saturated rings. The van der Waals surface area contributed by atoms with E-state index in [9.17, 15) is 9.18 Å². The molecule has 0 aromatic carbocycles. The number of aromatic nitrogens is 2. The van der Waals surface area contributed by atoms with Crippen LogP contribution < -0.4 is 5.69 Å². The molecular weight excluding hydrogens is 267 g/mol. The fourth-order valence-corrected chi connectivity index (χ4v) is 1.89. The molecule has 20 heavy (non-hydrogen) atoms. The van der Waals surface area contributed by atoms with E-state index in [4.69, 9.17) is 9.84 Å². The van der Waals surface area contributed by atoms with Crippen molar-refractivity contribution in [3.63, 3.8) is 0 Å². The third kappa shape index (κ3) is 3.20. The molecule has 7 nitrogen and oxygen atoms in total. The number of aliphatic imine (C=N–C) groups is 1. The van der Waals surface area contributed by atoms with E-state index in [1.807, 2.05) is 0 Å². The number of rotatable bonds is 4. The Bertz CT molecular complexity index is 546. The molecule has 1 aliphatic heterocycles. The Morgan fingerprint density at radius 2 is 2.45 bits per heavy atom. The van der Waals surface area contributed by atoms with Gasteiger partial charge in [-0.05, 0) is 6.07 Å². The van der Waals surface area contributed by atoms with Crippen LogP contribution in [0, 0.1) is 0 Å². The summed E-state index contributed by atoms with van der Waals surface area (Å²) >= 11 is 0. The van der Waals surface area contributed by atoms with Gasteiger partial charge in [-0.1, -0.05) is 0 Å². The minimum atomic E-state index is -1.29. The van der Waals surface area contributed by atoms with E-state index in [1.54, 1.807) is 25.1 Å². The van der Waals surface area contributed by atoms with Gasteiger partial charge in [-0.15, -0.1) is 0 Å². The van der Waals surface area contributed by atoms with E-state index in [0.29, 0.717) is 0 Å². The van der Waals surface area contributed by atoms with Gasteiger partial charge in [0.2, 0.25) is 0 Å². The van der Waals surface area contributed by atoms with Crippen molar-refractivity contribution in [2.24, 2.45) is 4.99 Å². The minimum Gasteiger partial charge on any atom is -0.394 e. The van der Waals surface area contributed by atoms with Gasteiger partial charge in [-0.25, -0.2) is 14.2 Å². The number of hydrogen-bond acceptors (Lipinski definition) is 5. The first-order valence-corrected chi connectivity index (χ1v) is 6.21. The molecule has 1 aliphatic rings. The predicted molar refractivity (Wildman–Crippen MR) is 70.8 cm³/mol. The van der Waals surface area contributed by atoms with Gasteiger partial charge < -0.3 is 14.7 Å². The molecule has 1 aromatic rings. The molecule has 0 bridgehead atoms. The summed E-state index contributed by atoms with van der Waals surface area (Å²) in [5, 5.41) is 8.94. The highest BCUT2D eigenvalue weighted by molar-refractivity contribution is 5.58. The Hall–Kier alpha value is -1.80. The lowest BCUT2D eigenvalue weighted by atomic mass is 10.2. The summed E-state index contributed by atoms with van der Waals surface area (Å²) in [6.45, 7) is -0.412. The molecule has 1 aromatic heterocycles. The van der Waals surface area contributed by atoms with E-state index >= 15 is 0 Å². The highest BCUT2D eigenvalue weighted by Gasteiger charge is 2.36. The van der Waals surface area contributed by atoms with Crippen molar-refractivity contribution in [3.05, 3.63) is 22.7 Å². The van der Waals surface area contributed by atoms with Gasteiger partial charge in [0, 0.05) is 26.7 Å². The molecule has 0 radical (unpaired) electrons. The maximum absolute atomic E-state index is 13.5. The van der Waals surface area contributed by atoms with Crippen LogP contribution in [0.15, 0.2) is 22.1 Å². The Balaban J connectivity index is 2.17. The van der Waals surface area contributed by atoms with Crippen LogP contribution in [-0.2, 0) is 4.74 Å². The summed E-state index contributed by atoms with van der Waals surface area (Å²) in [5.74, 6) is 0.272. The topological polar surface area (TPSA) is 80.0 Å². The van der Waals surface area contributed by atoms with E-state index in [2.05, 4.69) is 9.98 Å². The normalized spacial score (nSPS) is 26.3. The van der Waals surface area contributed by atoms with Gasteiger partial charge in [0.1, 0.15) is 18.5 Å². The molecule has 2 rings (SSSR count). The van der Waals surface area contributed by atoms with Crippen molar-refractivity contribution >= 4 is 12.2 Å². The Morgan fingerprint density at radius 3 is 3.00 bits per heavy atom. The quantitative estimate of drug-likeness (QED) is 0.626. The SMILES string of the molecule is CN(C)C=Nc1ccn([C@H]2C[C@H](F)[C@H](CO)O2)c(=O)n1. The predicted octanol–water partition coefficient (Wildman–Crippen LogP) is 0.0826. The zero-order valence-electron chi connectivity index (χ0n) is 11.3. The zero-order chi connectivity index (χ0) is 14.7. The minimum absolute atomic E-state index is 0.0210. The second kappa shape index (κ2) is 6.10. The van der Waals surface area contributed by atoms with Gasteiger partial charge >= 0.3 is 5.69 Å². The van der Waals surface area contributed by atoms with E-state index in [1.165, 1.54) is 17.1 Å². The number of aliphatic hydroxyl groups is 1. The van der Waals surface area contributed by atoms with Crippen molar-refractivity contribution in [1.82, 2.24) is 14.5 Å². The summed E-state index contributed by atoms with van der Waals surface area (Å²) in [5.41, 5.74) is -0.561. The average molecular weight is 284 g/mol. The molecule has 8 heteroatoms. The summed E-state index contributed by atoms with van der Waals surface area (Å²) in [7, 11) is 3.60. The number of alkyl halides is 1. The maximum atomic E-state index is 13.5. The molecule has 110 valence electrons. The first-order chi connectivity index (χ1) is 9.51. The maximum Gasteiger partial charge on any atom is 0.351 e. The van der Waals surface area contributed by atoms with Crippen LogP contribution >= 0.6 is 0 Å². The molecule has 0 spiro atoms. The lowest BCUT2D eigenvalue weighted by Gasteiger charge is -2.13. The summed E-state index contributed by atoms with van der Waals surface area (Å²) in [4.78, 5) is 21.4. The number of halogens is 1. The van der Waals surface area contributed by atoms with Crippen LogP contribution in [0.2, 0.25) is 0 Å². The smallest absolute Gasteiger partial charge is 0.351 e. The molecule has 0 saturated carbocycles. The van der Waals surface area contributed by atoms with Crippen LogP contribution in [-0.4, -0.2) is 58.9 Å². The average Bonchev–Trinajstić information content (AvgIpc) is 2.77. The monoisotopic (exact) mass is 284 g/mol. The lowest BCUT2D eigenvalue weighted by Crippen LogP contribution is -2.27. The zero-order valence-corrected chi connectivity index (χ0v) is 11.3. The van der Waals surface area contributed by atoms with Crippen LogP contribution in [0.3, 0.4) is 0 Å². The molecule has 3 atom stereocenters. The molecule has 0 amide bonds. The standard InChI is InChI=1S/C12H17FN4O3/c1-16(2)7-14-10-3-4-17(12(19)15-10)11-5-8(13)9(6-18)20-11/h3-4,7-9,11,18H,5-6H2,1-2H3/t8-,9-,11+/m0/s1. The van der Waals surface area contributed by atoms with E-state index in [0.717, 1.165) is 0 Å². The van der Waals surface area contributed by atoms with Crippen LogP contribution in [0.25, 0.3) is 0 Å². The highest BCUT2D eigenvalue weighted by atomic mass is 19.1. The number of aliphatic hydroxyl groups excluding tert-OH is 1. The van der Waals surface area contributed by atoms with Gasteiger partial charge in [0.05, 0.1) is 12.9 Å². The largest absolute Gasteiger partial charge is 0.394 e. The second-order valence-electron chi connectivity index (χ2n) is 4.75. The van der Waals surface area contributed by atoms with Gasteiger partial charge in [0.15, 0.2) is 5.82 Å². The fourth-order valence-electron chi connectivity index (χ4n) is 1.89. The first kappa shape index (κ1) is 14.6. The molecule has 1 N–H and O–H groups in total. The highest BCUT2D eigenvalue weighted by Crippen LogP contribution is 2.29. The summed E-state index contributed by atoms with van der Waals surface area (Å²) in [6.07, 6.45) is 0.0928.